The summed E-state index contributed by atoms with van der Waals surface area (Å²) in [7, 11) is 0. The molecule has 2 aromatic rings. The number of aromatic nitrogens is 2. The number of amides is 2. The number of H-pyrrole nitrogens is 1. The fraction of sp³-hybridized carbons (Fsp3) is 0.421. The molecule has 1 aromatic carbocycles. The van der Waals surface area contributed by atoms with Gasteiger partial charge in [0.25, 0.3) is 0 Å². The number of nitrogens with zero attached hydrogens (tertiary/aromatic N) is 2. The Labute approximate surface area is 146 Å². The van der Waals surface area contributed by atoms with E-state index in [-0.39, 0.29) is 23.8 Å². The molecule has 1 fully saturated rings. The van der Waals surface area contributed by atoms with Gasteiger partial charge in [0.1, 0.15) is 0 Å². The largest absolute Gasteiger partial charge is 0.351 e. The maximum absolute atomic E-state index is 12.6. The van der Waals surface area contributed by atoms with Crippen LogP contribution in [-0.4, -0.2) is 39.3 Å². The monoisotopic (exact) mass is 338 g/mol. The van der Waals surface area contributed by atoms with Crippen LogP contribution in [-0.2, 0) is 29.0 Å². The molecule has 0 spiro atoms. The van der Waals surface area contributed by atoms with Gasteiger partial charge in [0.05, 0.1) is 18.1 Å². The van der Waals surface area contributed by atoms with E-state index in [9.17, 15) is 9.59 Å². The highest BCUT2D eigenvalue weighted by atomic mass is 16.2. The fourth-order valence-electron chi connectivity index (χ4n) is 3.77. The molecule has 2 amide bonds. The summed E-state index contributed by atoms with van der Waals surface area (Å²) in [4.78, 5) is 34.0. The third-order valence-corrected chi connectivity index (χ3v) is 5.14. The van der Waals surface area contributed by atoms with Crippen molar-refractivity contribution >= 4 is 11.8 Å². The Morgan fingerprint density at radius 3 is 2.96 bits per heavy atom. The highest BCUT2D eigenvalue weighted by Gasteiger charge is 2.33. The van der Waals surface area contributed by atoms with Crippen LogP contribution in [0.5, 0.6) is 0 Å². The Balaban J connectivity index is 1.33. The minimum Gasteiger partial charge on any atom is -0.351 e. The zero-order chi connectivity index (χ0) is 17.2. The van der Waals surface area contributed by atoms with Crippen molar-refractivity contribution in [3.63, 3.8) is 0 Å². The minimum atomic E-state index is -0.0909. The van der Waals surface area contributed by atoms with Gasteiger partial charge in [0, 0.05) is 37.5 Å². The van der Waals surface area contributed by atoms with Crippen LogP contribution in [0.25, 0.3) is 0 Å². The van der Waals surface area contributed by atoms with Crippen molar-refractivity contribution in [2.45, 2.75) is 38.3 Å². The molecule has 130 valence electrons. The topological polar surface area (TPSA) is 78.1 Å². The van der Waals surface area contributed by atoms with Crippen molar-refractivity contribution in [1.82, 2.24) is 20.2 Å². The Morgan fingerprint density at radius 1 is 1.28 bits per heavy atom. The third-order valence-electron chi connectivity index (χ3n) is 5.14. The lowest BCUT2D eigenvalue weighted by atomic mass is 9.89. The second-order valence-electron chi connectivity index (χ2n) is 6.94. The van der Waals surface area contributed by atoms with Crippen LogP contribution >= 0.6 is 0 Å². The zero-order valence-corrected chi connectivity index (χ0v) is 14.1. The van der Waals surface area contributed by atoms with Gasteiger partial charge in [-0.3, -0.25) is 9.59 Å². The summed E-state index contributed by atoms with van der Waals surface area (Å²) in [6, 6.07) is 9.86. The number of hydrogen-bond acceptors (Lipinski definition) is 3. The second-order valence-corrected chi connectivity index (χ2v) is 6.94. The van der Waals surface area contributed by atoms with Crippen LogP contribution in [0.2, 0.25) is 0 Å². The molecule has 1 aromatic heterocycles. The zero-order valence-electron chi connectivity index (χ0n) is 14.1. The lowest BCUT2D eigenvalue weighted by Gasteiger charge is -2.23. The van der Waals surface area contributed by atoms with Crippen LogP contribution in [0, 0.1) is 5.92 Å². The van der Waals surface area contributed by atoms with Crippen molar-refractivity contribution in [3.05, 3.63) is 53.6 Å². The van der Waals surface area contributed by atoms with Crippen molar-refractivity contribution in [2.75, 3.05) is 6.54 Å². The Hall–Kier alpha value is -2.63. The summed E-state index contributed by atoms with van der Waals surface area (Å²) in [6.45, 7) is 1.19. The van der Waals surface area contributed by atoms with E-state index in [1.807, 2.05) is 35.2 Å². The average molecular weight is 338 g/mol. The average Bonchev–Trinajstić information content (AvgIpc) is 3.22. The number of likely N-dealkylation sites (tertiary alicyclic amines) is 1. The molecular formula is C19H22N4O2. The van der Waals surface area contributed by atoms with E-state index in [1.54, 1.807) is 6.33 Å². The first kappa shape index (κ1) is 15.9. The van der Waals surface area contributed by atoms with Crippen molar-refractivity contribution in [1.29, 1.82) is 0 Å². The summed E-state index contributed by atoms with van der Waals surface area (Å²) >= 11 is 0. The highest BCUT2D eigenvalue weighted by molar-refractivity contribution is 5.83. The molecule has 25 heavy (non-hydrogen) atoms. The number of hydrogen-bond donors (Lipinski definition) is 2. The number of carbonyl (C=O) groups is 2. The van der Waals surface area contributed by atoms with E-state index in [4.69, 9.17) is 0 Å². The summed E-state index contributed by atoms with van der Waals surface area (Å²) < 4.78 is 0. The molecule has 1 aliphatic carbocycles. The minimum absolute atomic E-state index is 0.0359. The van der Waals surface area contributed by atoms with Gasteiger partial charge in [-0.25, -0.2) is 4.98 Å². The number of imidazole rings is 1. The summed E-state index contributed by atoms with van der Waals surface area (Å²) in [5.74, 6) is 0.125. The number of aryl methyl sites for hydroxylation is 1. The van der Waals surface area contributed by atoms with Gasteiger partial charge in [-0.1, -0.05) is 30.3 Å². The van der Waals surface area contributed by atoms with Gasteiger partial charge < -0.3 is 15.2 Å². The molecular weight excluding hydrogens is 316 g/mol. The number of benzene rings is 1. The first-order chi connectivity index (χ1) is 12.2. The number of rotatable bonds is 4. The first-order valence-electron chi connectivity index (χ1n) is 8.82. The van der Waals surface area contributed by atoms with Gasteiger partial charge in [-0.15, -0.1) is 0 Å². The van der Waals surface area contributed by atoms with E-state index in [0.717, 1.165) is 29.8 Å². The number of aromatic amines is 1. The molecule has 2 aliphatic rings. The molecule has 2 heterocycles. The maximum Gasteiger partial charge on any atom is 0.225 e. The van der Waals surface area contributed by atoms with Crippen molar-refractivity contribution in [2.24, 2.45) is 5.92 Å². The standard InChI is InChI=1S/C19H22N4O2/c24-18-9-15(11-23(18)10-13-4-2-1-3-5-13)22-19(25)14-6-7-16-17(8-14)21-12-20-16/h1-5,12,14-15H,6-11H2,(H,20,21)(H,22,25). The van der Waals surface area contributed by atoms with Gasteiger partial charge in [-0.2, -0.15) is 0 Å². The number of nitrogens with one attached hydrogen (secondary N) is 2. The molecule has 2 atom stereocenters. The van der Waals surface area contributed by atoms with E-state index >= 15 is 0 Å². The predicted octanol–water partition coefficient (Wildman–Crippen LogP) is 1.43. The van der Waals surface area contributed by atoms with Crippen LogP contribution in [0.15, 0.2) is 36.7 Å². The van der Waals surface area contributed by atoms with E-state index in [0.29, 0.717) is 25.9 Å². The quantitative estimate of drug-likeness (QED) is 0.885. The second kappa shape index (κ2) is 6.70. The van der Waals surface area contributed by atoms with Gasteiger partial charge >= 0.3 is 0 Å². The van der Waals surface area contributed by atoms with Crippen LogP contribution < -0.4 is 5.32 Å². The fourth-order valence-corrected chi connectivity index (χ4v) is 3.77. The van der Waals surface area contributed by atoms with Crippen LogP contribution in [0.1, 0.15) is 29.8 Å². The predicted molar refractivity (Wildman–Crippen MR) is 92.5 cm³/mol. The normalized spacial score (nSPS) is 22.7. The summed E-state index contributed by atoms with van der Waals surface area (Å²) in [5.41, 5.74) is 3.26. The molecule has 4 rings (SSSR count). The Morgan fingerprint density at radius 2 is 2.12 bits per heavy atom. The summed E-state index contributed by atoms with van der Waals surface area (Å²) in [6.07, 6.45) is 4.44. The van der Waals surface area contributed by atoms with Crippen molar-refractivity contribution < 1.29 is 9.59 Å². The van der Waals surface area contributed by atoms with Crippen LogP contribution in [0.4, 0.5) is 0 Å². The van der Waals surface area contributed by atoms with Gasteiger partial charge in [-0.05, 0) is 18.4 Å². The lowest BCUT2D eigenvalue weighted by Crippen LogP contribution is -2.42. The molecule has 1 aliphatic heterocycles. The molecule has 1 saturated heterocycles. The van der Waals surface area contributed by atoms with E-state index in [1.165, 1.54) is 0 Å². The SMILES string of the molecule is O=C(NC1CC(=O)N(Cc2ccccc2)C1)C1CCc2nc[nH]c2C1. The van der Waals surface area contributed by atoms with Gasteiger partial charge in [0.15, 0.2) is 0 Å². The van der Waals surface area contributed by atoms with E-state index < -0.39 is 0 Å². The Bertz CT molecular complexity index is 771. The molecule has 2 unspecified atom stereocenters. The molecule has 0 bridgehead atoms. The maximum atomic E-state index is 12.6. The van der Waals surface area contributed by atoms with Gasteiger partial charge in [0.2, 0.25) is 11.8 Å². The highest BCUT2D eigenvalue weighted by Crippen LogP contribution is 2.24. The Kier molecular flexibility index (Phi) is 4.26. The molecule has 2 N–H and O–H groups in total. The smallest absolute Gasteiger partial charge is 0.225 e. The summed E-state index contributed by atoms with van der Waals surface area (Å²) in [5, 5.41) is 3.08. The van der Waals surface area contributed by atoms with Crippen molar-refractivity contribution in [3.8, 4) is 0 Å². The number of fused-ring (bicyclic) bond motifs is 1. The lowest BCUT2D eigenvalue weighted by molar-refractivity contribution is -0.128. The number of carbonyl (C=O) groups excluding carboxylic acids is 2. The first-order valence-corrected chi connectivity index (χ1v) is 8.82. The van der Waals surface area contributed by atoms with E-state index in [2.05, 4.69) is 15.3 Å². The van der Waals surface area contributed by atoms with Crippen LogP contribution in [0.3, 0.4) is 0 Å². The molecule has 6 heteroatoms. The molecule has 0 saturated carbocycles. The molecule has 6 nitrogen and oxygen atoms in total. The third kappa shape index (κ3) is 3.43. The molecule has 0 radical (unpaired) electrons.